The zero-order valence-corrected chi connectivity index (χ0v) is 18.7. The van der Waals surface area contributed by atoms with Crippen LogP contribution < -0.4 is 0 Å². The van der Waals surface area contributed by atoms with Crippen LogP contribution in [-0.2, 0) is 41.9 Å². The molecule has 0 saturated carbocycles. The van der Waals surface area contributed by atoms with Gasteiger partial charge in [0.05, 0.1) is 0 Å². The molecule has 20 heavy (non-hydrogen) atoms. The second kappa shape index (κ2) is 12.1. The van der Waals surface area contributed by atoms with E-state index in [1.807, 2.05) is 0 Å². The molecule has 0 saturated heterocycles. The van der Waals surface area contributed by atoms with Crippen molar-refractivity contribution in [2.45, 2.75) is 51.0 Å². The Bertz CT molecular complexity index is 296. The molecule has 1 unspecified atom stereocenters. The summed E-state index contributed by atoms with van der Waals surface area (Å²) in [7, 11) is 0. The van der Waals surface area contributed by atoms with Crippen LogP contribution in [0.4, 0.5) is 0 Å². The van der Waals surface area contributed by atoms with Crippen LogP contribution in [0.25, 0.3) is 0 Å². The van der Waals surface area contributed by atoms with Crippen LogP contribution in [0, 0.1) is 5.92 Å². The number of rotatable bonds is 4. The van der Waals surface area contributed by atoms with Gasteiger partial charge in [-0.05, 0) is 23.6 Å². The third kappa shape index (κ3) is 31.9. The van der Waals surface area contributed by atoms with E-state index < -0.39 is 13.4 Å². The molecular formula is C9H25O6P2S2Zn. The molecule has 0 aliphatic heterocycles. The van der Waals surface area contributed by atoms with Crippen LogP contribution >= 0.6 is 13.4 Å². The fourth-order valence-corrected chi connectivity index (χ4v) is 2.11. The maximum atomic E-state index is 7.56. The Hall–Kier alpha value is 1.68. The van der Waals surface area contributed by atoms with Gasteiger partial charge in [-0.1, -0.05) is 0 Å². The summed E-state index contributed by atoms with van der Waals surface area (Å²) in [4.78, 5) is 45.3. The fourth-order valence-electron chi connectivity index (χ4n) is 1.37. The first kappa shape index (κ1) is 26.6. The number of hydrogen-bond acceptors (Lipinski definition) is 2. The molecule has 0 aromatic rings. The second-order valence-electron chi connectivity index (χ2n) is 4.65. The normalized spacial score (nSPS) is 14.7. The van der Waals surface area contributed by atoms with E-state index in [1.165, 1.54) is 37.6 Å². The molecule has 1 atom stereocenters. The van der Waals surface area contributed by atoms with Gasteiger partial charge < -0.3 is 29.4 Å². The minimum atomic E-state index is -3.81. The van der Waals surface area contributed by atoms with Gasteiger partial charge in [-0.3, -0.25) is 0 Å². The van der Waals surface area contributed by atoms with Gasteiger partial charge in [0, 0.05) is 0 Å². The fraction of sp³-hybridized carbons (Fsp3) is 1.00. The Labute approximate surface area is 141 Å². The first-order valence-corrected chi connectivity index (χ1v) is 12.8. The predicted octanol–water partition coefficient (Wildman–Crippen LogP) is 1.93. The molecule has 0 heterocycles. The van der Waals surface area contributed by atoms with Crippen LogP contribution in [0.1, 0.15) is 47.0 Å². The van der Waals surface area contributed by atoms with Crippen molar-refractivity contribution in [3.63, 3.8) is 0 Å². The maximum absolute atomic E-state index is 7.56. The summed E-state index contributed by atoms with van der Waals surface area (Å²) < 4.78 is 0.717. The SMILES string of the molecule is CCC[C]([Zn])(CC)C(C)C.OP(O)(O)=S.OP(O)(O)=S. The molecule has 6 nitrogen and oxygen atoms in total. The summed E-state index contributed by atoms with van der Waals surface area (Å²) in [5.74, 6) is 0.887. The van der Waals surface area contributed by atoms with Crippen LogP contribution in [-0.4, -0.2) is 29.4 Å². The van der Waals surface area contributed by atoms with Crippen LogP contribution in [0.3, 0.4) is 0 Å². The predicted molar refractivity (Wildman–Crippen MR) is 84.6 cm³/mol. The molecule has 0 radical (unpaired) electrons. The van der Waals surface area contributed by atoms with E-state index in [0.717, 1.165) is 9.93 Å². The van der Waals surface area contributed by atoms with E-state index in [9.17, 15) is 0 Å². The summed E-state index contributed by atoms with van der Waals surface area (Å²) >= 11 is 8.68. The Morgan fingerprint density at radius 2 is 1.20 bits per heavy atom. The van der Waals surface area contributed by atoms with Crippen molar-refractivity contribution in [1.29, 1.82) is 0 Å². The van der Waals surface area contributed by atoms with E-state index in [4.69, 9.17) is 29.4 Å². The van der Waals surface area contributed by atoms with E-state index in [2.05, 4.69) is 51.3 Å². The van der Waals surface area contributed by atoms with Gasteiger partial charge >= 0.3 is 88.6 Å². The zero-order valence-electron chi connectivity index (χ0n) is 12.3. The summed E-state index contributed by atoms with van der Waals surface area (Å²) in [6.07, 6.45) is 4.16. The van der Waals surface area contributed by atoms with Crippen molar-refractivity contribution in [2.24, 2.45) is 5.92 Å². The van der Waals surface area contributed by atoms with Crippen molar-refractivity contribution in [2.75, 3.05) is 0 Å². The van der Waals surface area contributed by atoms with E-state index in [-0.39, 0.29) is 0 Å². The van der Waals surface area contributed by atoms with Crippen LogP contribution in [0.15, 0.2) is 0 Å². The molecule has 0 spiro atoms. The molecule has 0 aromatic heterocycles. The standard InChI is InChI=1S/C9H19.2H3O3PS.Zn/c1-5-7-9(6-2)8(3)4;2*1-4(2,3)5;/h8H,5-7H2,1-4H3;2*(H3,1,2,3,5);. The average Bonchev–Trinajstić information content (AvgIpc) is 2.12. The first-order chi connectivity index (χ1) is 8.56. The van der Waals surface area contributed by atoms with Crippen molar-refractivity contribution < 1.29 is 47.7 Å². The van der Waals surface area contributed by atoms with Gasteiger partial charge in [-0.25, -0.2) is 0 Å². The molecule has 0 rings (SSSR count). The molecular weight excluding hydrogens is 396 g/mol. The van der Waals surface area contributed by atoms with Crippen molar-refractivity contribution in [3.8, 4) is 0 Å². The quantitative estimate of drug-likeness (QED) is 0.301. The molecule has 0 fully saturated rings. The summed E-state index contributed by atoms with van der Waals surface area (Å²) in [5.41, 5.74) is 0. The van der Waals surface area contributed by atoms with Gasteiger partial charge in [0.2, 0.25) is 0 Å². The Kier molecular flexibility index (Phi) is 16.1. The van der Waals surface area contributed by atoms with E-state index in [1.54, 1.807) is 0 Å². The van der Waals surface area contributed by atoms with Gasteiger partial charge in [-0.2, -0.15) is 0 Å². The van der Waals surface area contributed by atoms with Crippen molar-refractivity contribution in [3.05, 3.63) is 0 Å². The molecule has 0 bridgehead atoms. The largest absolute Gasteiger partial charge is 0.325 e. The minimum Gasteiger partial charge on any atom is -0.325 e. The molecule has 11 heteroatoms. The first-order valence-electron chi connectivity index (χ1n) is 5.98. The Morgan fingerprint density at radius 3 is 1.25 bits per heavy atom. The Morgan fingerprint density at radius 1 is 0.950 bits per heavy atom. The van der Waals surface area contributed by atoms with E-state index in [0.29, 0.717) is 0 Å². The van der Waals surface area contributed by atoms with Gasteiger partial charge in [0.15, 0.2) is 0 Å². The smallest absolute Gasteiger partial charge is 0.319 e. The monoisotopic (exact) mass is 419 g/mol. The van der Waals surface area contributed by atoms with Gasteiger partial charge in [-0.15, -0.1) is 0 Å². The van der Waals surface area contributed by atoms with Gasteiger partial charge in [0.25, 0.3) is 0 Å². The van der Waals surface area contributed by atoms with E-state index >= 15 is 0 Å². The van der Waals surface area contributed by atoms with Crippen LogP contribution in [0.5, 0.6) is 0 Å². The molecule has 121 valence electrons. The van der Waals surface area contributed by atoms with Gasteiger partial charge in [0.1, 0.15) is 0 Å². The topological polar surface area (TPSA) is 121 Å². The minimum absolute atomic E-state index is 0.717. The third-order valence-electron chi connectivity index (χ3n) is 2.68. The second-order valence-corrected chi connectivity index (χ2v) is 12.6. The van der Waals surface area contributed by atoms with Crippen molar-refractivity contribution in [1.82, 2.24) is 0 Å². The summed E-state index contributed by atoms with van der Waals surface area (Å²) in [6, 6.07) is 0. The molecule has 0 aromatic carbocycles. The van der Waals surface area contributed by atoms with Crippen molar-refractivity contribution >= 4 is 37.1 Å². The Balaban J connectivity index is -0.000000244. The van der Waals surface area contributed by atoms with Crippen LogP contribution in [0.2, 0.25) is 4.01 Å². The molecule has 0 aliphatic rings. The third-order valence-corrected chi connectivity index (χ3v) is 6.18. The average molecular weight is 421 g/mol. The summed E-state index contributed by atoms with van der Waals surface area (Å²) in [5, 5.41) is 0. The molecule has 6 N–H and O–H groups in total. The maximum Gasteiger partial charge on any atom is 0.319 e. The summed E-state index contributed by atoms with van der Waals surface area (Å²) in [6.45, 7) is 1.74. The number of hydrogen-bond donors (Lipinski definition) is 6. The molecule has 0 amide bonds. The zero-order chi connectivity index (χ0) is 17.2. The molecule has 0 aliphatic carbocycles.